The maximum Gasteiger partial charge on any atom is 0.0554 e. The SMILES string of the molecule is CC(C)Cc1cc(CCl)cc(Cl)c1Br. The summed E-state index contributed by atoms with van der Waals surface area (Å²) >= 11 is 15.4. The summed E-state index contributed by atoms with van der Waals surface area (Å²) in [6.45, 7) is 4.38. The minimum Gasteiger partial charge on any atom is -0.122 e. The highest BCUT2D eigenvalue weighted by atomic mass is 79.9. The molecule has 0 aliphatic rings. The van der Waals surface area contributed by atoms with E-state index in [4.69, 9.17) is 23.2 Å². The third kappa shape index (κ3) is 3.15. The lowest BCUT2D eigenvalue weighted by molar-refractivity contribution is 0.645. The predicted molar refractivity (Wildman–Crippen MR) is 67.3 cm³/mol. The zero-order valence-electron chi connectivity index (χ0n) is 8.28. The molecule has 0 nitrogen and oxygen atoms in total. The lowest BCUT2D eigenvalue weighted by atomic mass is 10.0. The summed E-state index contributed by atoms with van der Waals surface area (Å²) in [5, 5.41) is 0.749. The second-order valence-electron chi connectivity index (χ2n) is 3.78. The van der Waals surface area contributed by atoms with Crippen molar-refractivity contribution in [1.29, 1.82) is 0 Å². The third-order valence-corrected chi connectivity index (χ3v) is 3.72. The number of rotatable bonds is 3. The molecule has 14 heavy (non-hydrogen) atoms. The van der Waals surface area contributed by atoms with Gasteiger partial charge in [0.2, 0.25) is 0 Å². The van der Waals surface area contributed by atoms with E-state index in [0.29, 0.717) is 11.8 Å². The second-order valence-corrected chi connectivity index (χ2v) is 5.25. The van der Waals surface area contributed by atoms with E-state index in [9.17, 15) is 0 Å². The summed E-state index contributed by atoms with van der Waals surface area (Å²) in [6.07, 6.45) is 1.02. The Hall–Kier alpha value is 0.280. The van der Waals surface area contributed by atoms with E-state index in [1.54, 1.807) is 0 Å². The number of hydrogen-bond acceptors (Lipinski definition) is 0. The fraction of sp³-hybridized carbons (Fsp3) is 0.455. The van der Waals surface area contributed by atoms with Gasteiger partial charge in [-0.05, 0) is 45.5 Å². The molecule has 0 radical (unpaired) electrons. The fourth-order valence-corrected chi connectivity index (χ4v) is 2.18. The van der Waals surface area contributed by atoms with Gasteiger partial charge in [0.15, 0.2) is 0 Å². The minimum atomic E-state index is 0.512. The molecule has 1 aromatic rings. The number of benzene rings is 1. The highest BCUT2D eigenvalue weighted by Gasteiger charge is 2.08. The van der Waals surface area contributed by atoms with Crippen LogP contribution in [0.4, 0.5) is 0 Å². The molecule has 0 bridgehead atoms. The van der Waals surface area contributed by atoms with Gasteiger partial charge in [0.05, 0.1) is 5.02 Å². The van der Waals surface area contributed by atoms with Gasteiger partial charge in [-0.25, -0.2) is 0 Å². The van der Waals surface area contributed by atoms with Gasteiger partial charge in [0, 0.05) is 10.4 Å². The first-order valence-corrected chi connectivity index (χ1v) is 6.28. The van der Waals surface area contributed by atoms with Crippen LogP contribution < -0.4 is 0 Å². The van der Waals surface area contributed by atoms with Crippen molar-refractivity contribution in [3.8, 4) is 0 Å². The van der Waals surface area contributed by atoms with Gasteiger partial charge in [-0.1, -0.05) is 31.5 Å². The van der Waals surface area contributed by atoms with Crippen LogP contribution in [0.3, 0.4) is 0 Å². The van der Waals surface area contributed by atoms with Crippen molar-refractivity contribution in [3.63, 3.8) is 0 Å². The summed E-state index contributed by atoms with van der Waals surface area (Å²) in [6, 6.07) is 4.02. The third-order valence-electron chi connectivity index (χ3n) is 1.95. The van der Waals surface area contributed by atoms with Crippen molar-refractivity contribution in [3.05, 3.63) is 32.8 Å². The Morgan fingerprint density at radius 3 is 2.50 bits per heavy atom. The average Bonchev–Trinajstić information content (AvgIpc) is 2.11. The molecule has 1 aromatic carbocycles. The van der Waals surface area contributed by atoms with Crippen molar-refractivity contribution in [2.75, 3.05) is 0 Å². The molecule has 0 saturated carbocycles. The van der Waals surface area contributed by atoms with E-state index in [0.717, 1.165) is 21.5 Å². The zero-order chi connectivity index (χ0) is 10.7. The van der Waals surface area contributed by atoms with Crippen LogP contribution in [-0.4, -0.2) is 0 Å². The Labute approximate surface area is 104 Å². The largest absolute Gasteiger partial charge is 0.122 e. The summed E-state index contributed by atoms with van der Waals surface area (Å²) in [7, 11) is 0. The van der Waals surface area contributed by atoms with E-state index >= 15 is 0 Å². The zero-order valence-corrected chi connectivity index (χ0v) is 11.4. The van der Waals surface area contributed by atoms with Gasteiger partial charge in [0.1, 0.15) is 0 Å². The smallest absolute Gasteiger partial charge is 0.0554 e. The lowest BCUT2D eigenvalue weighted by Gasteiger charge is -2.10. The van der Waals surface area contributed by atoms with Gasteiger partial charge in [-0.2, -0.15) is 0 Å². The van der Waals surface area contributed by atoms with Crippen LogP contribution >= 0.6 is 39.1 Å². The molecule has 0 N–H and O–H groups in total. The highest BCUT2D eigenvalue weighted by molar-refractivity contribution is 9.10. The first-order chi connectivity index (χ1) is 6.54. The van der Waals surface area contributed by atoms with Crippen LogP contribution in [0.15, 0.2) is 16.6 Å². The Kier molecular flexibility index (Phi) is 4.75. The summed E-state index contributed by atoms with van der Waals surface area (Å²) < 4.78 is 1.00. The van der Waals surface area contributed by atoms with Crippen molar-refractivity contribution in [1.82, 2.24) is 0 Å². The first kappa shape index (κ1) is 12.4. The summed E-state index contributed by atoms with van der Waals surface area (Å²) in [5.41, 5.74) is 2.32. The molecular weight excluding hydrogens is 283 g/mol. The normalized spacial score (nSPS) is 11.0. The van der Waals surface area contributed by atoms with Crippen molar-refractivity contribution < 1.29 is 0 Å². The Bertz CT molecular complexity index is 321. The van der Waals surface area contributed by atoms with E-state index in [2.05, 4.69) is 35.8 Å². The topological polar surface area (TPSA) is 0 Å². The van der Waals surface area contributed by atoms with E-state index < -0.39 is 0 Å². The molecular formula is C11H13BrCl2. The molecule has 0 saturated heterocycles. The quantitative estimate of drug-likeness (QED) is 0.685. The molecule has 0 spiro atoms. The number of halogens is 3. The molecule has 3 heteroatoms. The van der Waals surface area contributed by atoms with Crippen LogP contribution in [0.1, 0.15) is 25.0 Å². The molecule has 0 fully saturated rings. The van der Waals surface area contributed by atoms with E-state index in [-0.39, 0.29) is 0 Å². The number of hydrogen-bond donors (Lipinski definition) is 0. The molecule has 0 aliphatic heterocycles. The monoisotopic (exact) mass is 294 g/mol. The molecule has 78 valence electrons. The Morgan fingerprint density at radius 1 is 1.36 bits per heavy atom. The standard InChI is InChI=1S/C11H13BrCl2/c1-7(2)3-9-4-8(6-13)5-10(14)11(9)12/h4-5,7H,3,6H2,1-2H3. The highest BCUT2D eigenvalue weighted by Crippen LogP contribution is 2.30. The first-order valence-electron chi connectivity index (χ1n) is 4.57. The predicted octanol–water partition coefficient (Wildman–Crippen LogP) is 5.04. The molecule has 1 rings (SSSR count). The van der Waals surface area contributed by atoms with Gasteiger partial charge in [-0.3, -0.25) is 0 Å². The van der Waals surface area contributed by atoms with Crippen LogP contribution in [0.25, 0.3) is 0 Å². The van der Waals surface area contributed by atoms with E-state index in [1.165, 1.54) is 5.56 Å². The summed E-state index contributed by atoms with van der Waals surface area (Å²) in [5.74, 6) is 1.13. The molecule has 0 heterocycles. The lowest BCUT2D eigenvalue weighted by Crippen LogP contribution is -1.97. The van der Waals surface area contributed by atoms with E-state index in [1.807, 2.05) is 6.07 Å². The maximum absolute atomic E-state index is 6.08. The minimum absolute atomic E-state index is 0.512. The molecule has 0 aliphatic carbocycles. The molecule has 0 atom stereocenters. The molecule has 0 aromatic heterocycles. The molecule has 0 unspecified atom stereocenters. The maximum atomic E-state index is 6.08. The second kappa shape index (κ2) is 5.39. The van der Waals surface area contributed by atoms with Crippen LogP contribution in [0.2, 0.25) is 5.02 Å². The van der Waals surface area contributed by atoms with Crippen molar-refractivity contribution in [2.45, 2.75) is 26.1 Å². The van der Waals surface area contributed by atoms with Gasteiger partial charge in [0.25, 0.3) is 0 Å². The Morgan fingerprint density at radius 2 is 2.00 bits per heavy atom. The van der Waals surface area contributed by atoms with Crippen LogP contribution in [0, 0.1) is 5.92 Å². The molecule has 0 amide bonds. The van der Waals surface area contributed by atoms with Gasteiger partial charge < -0.3 is 0 Å². The van der Waals surface area contributed by atoms with Crippen LogP contribution in [0.5, 0.6) is 0 Å². The van der Waals surface area contributed by atoms with Gasteiger partial charge >= 0.3 is 0 Å². The van der Waals surface area contributed by atoms with Crippen LogP contribution in [-0.2, 0) is 12.3 Å². The summed E-state index contributed by atoms with van der Waals surface area (Å²) in [4.78, 5) is 0. The van der Waals surface area contributed by atoms with Crippen molar-refractivity contribution in [2.24, 2.45) is 5.92 Å². The van der Waals surface area contributed by atoms with Crippen molar-refractivity contribution >= 4 is 39.1 Å². The average molecular weight is 296 g/mol. The van der Waals surface area contributed by atoms with Gasteiger partial charge in [-0.15, -0.1) is 11.6 Å². The number of alkyl halides is 1. The fourth-order valence-electron chi connectivity index (χ4n) is 1.37. The Balaban J connectivity index is 3.07.